The minimum absolute atomic E-state index is 0.0737. The minimum Gasteiger partial charge on any atom is -0.496 e. The normalized spacial score (nSPS) is 11.6. The van der Waals surface area contributed by atoms with Crippen molar-refractivity contribution in [3.8, 4) is 17.2 Å². The second kappa shape index (κ2) is 12.0. The molecule has 6 heteroatoms. The summed E-state index contributed by atoms with van der Waals surface area (Å²) in [6.45, 7) is 1.81. The van der Waals surface area contributed by atoms with Gasteiger partial charge in [0, 0.05) is 24.2 Å². The van der Waals surface area contributed by atoms with E-state index in [0.29, 0.717) is 12.2 Å². The van der Waals surface area contributed by atoms with Crippen LogP contribution in [-0.4, -0.2) is 40.8 Å². The van der Waals surface area contributed by atoms with Gasteiger partial charge in [0.15, 0.2) is 0 Å². The summed E-state index contributed by atoms with van der Waals surface area (Å²) < 4.78 is 16.4. The number of hydrogen-bond donors (Lipinski definition) is 2. The van der Waals surface area contributed by atoms with Gasteiger partial charge in [-0.15, -0.1) is 0 Å². The molecule has 0 aromatic heterocycles. The molecule has 2 rings (SSSR count). The highest BCUT2D eigenvalue weighted by molar-refractivity contribution is 5.90. The van der Waals surface area contributed by atoms with Crippen LogP contribution in [0.1, 0.15) is 31.2 Å². The Morgan fingerprint density at radius 1 is 0.931 bits per heavy atom. The van der Waals surface area contributed by atoms with Crippen molar-refractivity contribution >= 4 is 11.6 Å². The molecule has 2 N–H and O–H groups in total. The zero-order chi connectivity index (χ0) is 21.1. The van der Waals surface area contributed by atoms with Crippen LogP contribution in [-0.2, 0) is 11.3 Å². The summed E-state index contributed by atoms with van der Waals surface area (Å²) >= 11 is 0. The van der Waals surface area contributed by atoms with E-state index in [4.69, 9.17) is 14.2 Å². The van der Waals surface area contributed by atoms with E-state index in [1.807, 2.05) is 42.5 Å². The third-order valence-corrected chi connectivity index (χ3v) is 4.86. The Kier molecular flexibility index (Phi) is 9.31. The van der Waals surface area contributed by atoms with Gasteiger partial charge >= 0.3 is 0 Å². The van der Waals surface area contributed by atoms with Gasteiger partial charge in [0.05, 0.1) is 40.5 Å². The SMILES string of the molecule is COc1cc(OC)c(C[NH+](C)CCCCCC(=O)Nc2ccccc2)c(OC)c1. The zero-order valence-electron chi connectivity index (χ0n) is 17.9. The molecule has 1 atom stereocenters. The lowest BCUT2D eigenvalue weighted by Gasteiger charge is -2.19. The van der Waals surface area contributed by atoms with Crippen LogP contribution in [0.2, 0.25) is 0 Å². The molecule has 0 aliphatic heterocycles. The summed E-state index contributed by atoms with van der Waals surface area (Å²) in [5.74, 6) is 2.34. The van der Waals surface area contributed by atoms with E-state index < -0.39 is 0 Å². The fraction of sp³-hybridized carbons (Fsp3) is 0.435. The molecule has 0 heterocycles. The second-order valence-electron chi connectivity index (χ2n) is 7.12. The summed E-state index contributed by atoms with van der Waals surface area (Å²) in [6, 6.07) is 13.3. The van der Waals surface area contributed by atoms with E-state index in [9.17, 15) is 4.79 Å². The maximum absolute atomic E-state index is 12.0. The van der Waals surface area contributed by atoms with Crippen molar-refractivity contribution in [2.45, 2.75) is 32.2 Å². The van der Waals surface area contributed by atoms with Gasteiger partial charge in [-0.2, -0.15) is 0 Å². The Labute approximate surface area is 173 Å². The molecule has 0 spiro atoms. The molecular formula is C23H33N2O4+. The van der Waals surface area contributed by atoms with Crippen LogP contribution in [0.5, 0.6) is 17.2 Å². The molecule has 1 amide bonds. The monoisotopic (exact) mass is 401 g/mol. The number of amides is 1. The van der Waals surface area contributed by atoms with Gasteiger partial charge in [0.1, 0.15) is 23.8 Å². The zero-order valence-corrected chi connectivity index (χ0v) is 17.9. The number of quaternary nitrogens is 1. The highest BCUT2D eigenvalue weighted by Gasteiger charge is 2.17. The Hall–Kier alpha value is -2.73. The summed E-state index contributed by atoms with van der Waals surface area (Å²) in [5.41, 5.74) is 1.89. The maximum atomic E-state index is 12.0. The molecule has 1 unspecified atom stereocenters. The number of methoxy groups -OCH3 is 3. The number of ether oxygens (including phenoxy) is 3. The predicted octanol–water partition coefficient (Wildman–Crippen LogP) is 2.93. The first kappa shape index (κ1) is 22.6. The van der Waals surface area contributed by atoms with E-state index in [0.717, 1.165) is 55.1 Å². The van der Waals surface area contributed by atoms with Crippen molar-refractivity contribution < 1.29 is 23.9 Å². The first-order valence-electron chi connectivity index (χ1n) is 10.0. The Morgan fingerprint density at radius 2 is 1.59 bits per heavy atom. The summed E-state index contributed by atoms with van der Waals surface area (Å²) in [4.78, 5) is 13.4. The van der Waals surface area contributed by atoms with E-state index in [2.05, 4.69) is 12.4 Å². The van der Waals surface area contributed by atoms with Crippen LogP contribution < -0.4 is 24.4 Å². The molecule has 2 aromatic rings. The first-order chi connectivity index (χ1) is 14.1. The molecular weight excluding hydrogens is 368 g/mol. The molecule has 0 bridgehead atoms. The number of unbranched alkanes of at least 4 members (excludes halogenated alkanes) is 2. The molecule has 158 valence electrons. The Bertz CT molecular complexity index is 740. The number of benzene rings is 2. The van der Waals surface area contributed by atoms with Crippen molar-refractivity contribution in [2.24, 2.45) is 0 Å². The van der Waals surface area contributed by atoms with Crippen LogP contribution in [0.4, 0.5) is 5.69 Å². The summed E-state index contributed by atoms with van der Waals surface area (Å²) in [5, 5.41) is 2.93. The molecule has 0 saturated carbocycles. The number of hydrogen-bond acceptors (Lipinski definition) is 4. The van der Waals surface area contributed by atoms with Gasteiger partial charge in [-0.1, -0.05) is 18.2 Å². The molecule has 0 saturated heterocycles. The average molecular weight is 402 g/mol. The van der Waals surface area contributed by atoms with Crippen LogP contribution in [0.15, 0.2) is 42.5 Å². The van der Waals surface area contributed by atoms with E-state index in [1.165, 1.54) is 4.90 Å². The third kappa shape index (κ3) is 7.31. The van der Waals surface area contributed by atoms with Crippen molar-refractivity contribution in [1.29, 1.82) is 0 Å². The van der Waals surface area contributed by atoms with Gasteiger partial charge in [0.25, 0.3) is 0 Å². The van der Waals surface area contributed by atoms with Crippen molar-refractivity contribution in [3.63, 3.8) is 0 Å². The molecule has 0 radical (unpaired) electrons. The lowest BCUT2D eigenvalue weighted by Crippen LogP contribution is -3.07. The number of para-hydroxylation sites is 1. The standard InChI is InChI=1S/C23H32N2O4/c1-25(17-20-21(28-3)15-19(27-2)16-22(20)29-4)14-10-6-9-13-23(26)24-18-11-7-5-8-12-18/h5,7-8,11-12,15-16H,6,9-10,13-14,17H2,1-4H3,(H,24,26)/p+1. The molecule has 0 aliphatic rings. The van der Waals surface area contributed by atoms with Crippen molar-refractivity contribution in [2.75, 3.05) is 40.2 Å². The molecule has 2 aromatic carbocycles. The van der Waals surface area contributed by atoms with Crippen LogP contribution in [0.25, 0.3) is 0 Å². The van der Waals surface area contributed by atoms with Crippen molar-refractivity contribution in [1.82, 2.24) is 0 Å². The van der Waals surface area contributed by atoms with Gasteiger partial charge < -0.3 is 24.4 Å². The van der Waals surface area contributed by atoms with Crippen LogP contribution in [0.3, 0.4) is 0 Å². The lowest BCUT2D eigenvalue weighted by atomic mass is 10.1. The number of anilines is 1. The van der Waals surface area contributed by atoms with Gasteiger partial charge in [0.2, 0.25) is 5.91 Å². The highest BCUT2D eigenvalue weighted by Crippen LogP contribution is 2.33. The minimum atomic E-state index is 0.0737. The van der Waals surface area contributed by atoms with E-state index in [-0.39, 0.29) is 5.91 Å². The quantitative estimate of drug-likeness (QED) is 0.537. The Balaban J connectivity index is 1.74. The smallest absolute Gasteiger partial charge is 0.224 e. The Morgan fingerprint density at radius 3 is 2.17 bits per heavy atom. The van der Waals surface area contributed by atoms with Gasteiger partial charge in [-0.05, 0) is 31.4 Å². The number of carbonyl (C=O) groups is 1. The number of carbonyl (C=O) groups excluding carboxylic acids is 1. The predicted molar refractivity (Wildman–Crippen MR) is 115 cm³/mol. The molecule has 0 fully saturated rings. The fourth-order valence-electron chi connectivity index (χ4n) is 3.28. The molecule has 0 aliphatic carbocycles. The summed E-state index contributed by atoms with van der Waals surface area (Å²) in [6.07, 6.45) is 3.52. The van der Waals surface area contributed by atoms with Gasteiger partial charge in [-0.25, -0.2) is 0 Å². The lowest BCUT2D eigenvalue weighted by molar-refractivity contribution is -0.894. The van der Waals surface area contributed by atoms with E-state index >= 15 is 0 Å². The largest absolute Gasteiger partial charge is 0.496 e. The first-order valence-corrected chi connectivity index (χ1v) is 10.0. The fourth-order valence-corrected chi connectivity index (χ4v) is 3.28. The number of rotatable bonds is 12. The van der Waals surface area contributed by atoms with Crippen molar-refractivity contribution in [3.05, 3.63) is 48.0 Å². The average Bonchev–Trinajstić information content (AvgIpc) is 2.74. The van der Waals surface area contributed by atoms with Crippen LogP contribution in [0, 0.1) is 0 Å². The van der Waals surface area contributed by atoms with E-state index in [1.54, 1.807) is 21.3 Å². The number of nitrogens with one attached hydrogen (secondary N) is 2. The van der Waals surface area contributed by atoms with Gasteiger partial charge in [-0.3, -0.25) is 4.79 Å². The van der Waals surface area contributed by atoms with Crippen LogP contribution >= 0.6 is 0 Å². The maximum Gasteiger partial charge on any atom is 0.224 e. The summed E-state index contributed by atoms with van der Waals surface area (Å²) in [7, 11) is 7.11. The molecule has 6 nitrogen and oxygen atoms in total. The molecule has 29 heavy (non-hydrogen) atoms. The third-order valence-electron chi connectivity index (χ3n) is 4.86. The topological polar surface area (TPSA) is 61.2 Å². The second-order valence-corrected chi connectivity index (χ2v) is 7.12. The highest BCUT2D eigenvalue weighted by atomic mass is 16.5.